The van der Waals surface area contributed by atoms with Gasteiger partial charge in [0.1, 0.15) is 5.75 Å². The van der Waals surface area contributed by atoms with Crippen molar-refractivity contribution in [3.05, 3.63) is 54.1 Å². The summed E-state index contributed by atoms with van der Waals surface area (Å²) in [4.78, 5) is 11.8. The van der Waals surface area contributed by atoms with Crippen LogP contribution in [0.25, 0.3) is 0 Å². The van der Waals surface area contributed by atoms with Gasteiger partial charge in [-0.2, -0.15) is 0 Å². The number of hydrogen-bond acceptors (Lipinski definition) is 3. The van der Waals surface area contributed by atoms with E-state index in [-0.39, 0.29) is 18.2 Å². The lowest BCUT2D eigenvalue weighted by Gasteiger charge is -2.10. The number of halogens is 3. The molecule has 2 aromatic carbocycles. The van der Waals surface area contributed by atoms with Gasteiger partial charge < -0.3 is 15.4 Å². The molecular formula is C16H15F3N2O2. The zero-order chi connectivity index (χ0) is 16.9. The van der Waals surface area contributed by atoms with Crippen LogP contribution in [0.15, 0.2) is 48.5 Å². The average Bonchev–Trinajstić information content (AvgIpc) is 2.47. The lowest BCUT2D eigenvalue weighted by Crippen LogP contribution is -2.21. The molecule has 2 rings (SSSR count). The fourth-order valence-electron chi connectivity index (χ4n) is 1.80. The molecular weight excluding hydrogens is 309 g/mol. The second-order valence-electron chi connectivity index (χ2n) is 4.84. The fourth-order valence-corrected chi connectivity index (χ4v) is 1.80. The first-order valence-corrected chi connectivity index (χ1v) is 6.78. The van der Waals surface area contributed by atoms with Gasteiger partial charge in [-0.15, -0.1) is 13.2 Å². The summed E-state index contributed by atoms with van der Waals surface area (Å²) in [5.74, 6) is -0.650. The zero-order valence-electron chi connectivity index (χ0n) is 12.3. The molecule has 0 saturated heterocycles. The van der Waals surface area contributed by atoms with Gasteiger partial charge in [-0.1, -0.05) is 17.7 Å². The normalized spacial score (nSPS) is 11.0. The predicted molar refractivity (Wildman–Crippen MR) is 81.4 cm³/mol. The number of aryl methyl sites for hydroxylation is 1. The van der Waals surface area contributed by atoms with Crippen molar-refractivity contribution in [2.24, 2.45) is 0 Å². The van der Waals surface area contributed by atoms with Crippen LogP contribution in [0, 0.1) is 6.92 Å². The Hall–Kier alpha value is -2.70. The van der Waals surface area contributed by atoms with Crippen LogP contribution in [0.3, 0.4) is 0 Å². The quantitative estimate of drug-likeness (QED) is 0.876. The minimum atomic E-state index is -4.73. The van der Waals surface area contributed by atoms with E-state index in [9.17, 15) is 18.0 Å². The van der Waals surface area contributed by atoms with E-state index in [1.807, 2.05) is 31.2 Å². The van der Waals surface area contributed by atoms with E-state index in [4.69, 9.17) is 0 Å². The number of anilines is 2. The van der Waals surface area contributed by atoms with Crippen molar-refractivity contribution in [3.63, 3.8) is 0 Å². The summed E-state index contributed by atoms with van der Waals surface area (Å²) in [6.45, 7) is 2.01. The Morgan fingerprint density at radius 1 is 1.00 bits per heavy atom. The number of rotatable bonds is 5. The molecule has 0 spiro atoms. The van der Waals surface area contributed by atoms with Crippen LogP contribution in [0.5, 0.6) is 5.75 Å². The van der Waals surface area contributed by atoms with Crippen LogP contribution in [0.2, 0.25) is 0 Å². The molecule has 0 aromatic heterocycles. The van der Waals surface area contributed by atoms with Crippen molar-refractivity contribution < 1.29 is 22.7 Å². The number of alkyl halides is 3. The predicted octanol–water partition coefficient (Wildman–Crippen LogP) is 3.94. The van der Waals surface area contributed by atoms with E-state index in [0.29, 0.717) is 5.69 Å². The molecule has 0 bridgehead atoms. The number of hydrogen-bond donors (Lipinski definition) is 2. The van der Waals surface area contributed by atoms with Crippen LogP contribution in [0.4, 0.5) is 24.5 Å². The smallest absolute Gasteiger partial charge is 0.406 e. The van der Waals surface area contributed by atoms with Gasteiger partial charge in [0, 0.05) is 11.4 Å². The second-order valence-corrected chi connectivity index (χ2v) is 4.84. The van der Waals surface area contributed by atoms with Gasteiger partial charge in [0.05, 0.1) is 6.54 Å². The van der Waals surface area contributed by atoms with E-state index in [2.05, 4.69) is 15.4 Å². The minimum absolute atomic E-state index is 0.0455. The number of carbonyl (C=O) groups excluding carboxylic acids is 1. The third-order valence-electron chi connectivity index (χ3n) is 2.88. The summed E-state index contributed by atoms with van der Waals surface area (Å²) in [5.41, 5.74) is 2.30. The monoisotopic (exact) mass is 324 g/mol. The average molecular weight is 324 g/mol. The van der Waals surface area contributed by atoms with Crippen molar-refractivity contribution in [1.29, 1.82) is 0 Å². The fraction of sp³-hybridized carbons (Fsp3) is 0.188. The molecule has 0 aliphatic heterocycles. The number of carbonyl (C=O) groups is 1. The van der Waals surface area contributed by atoms with Gasteiger partial charge in [-0.3, -0.25) is 4.79 Å². The molecule has 0 fully saturated rings. The van der Waals surface area contributed by atoms with Crippen molar-refractivity contribution in [2.75, 3.05) is 17.2 Å². The molecule has 2 N–H and O–H groups in total. The molecule has 0 aliphatic rings. The van der Waals surface area contributed by atoms with E-state index < -0.39 is 6.36 Å². The van der Waals surface area contributed by atoms with Gasteiger partial charge in [0.25, 0.3) is 0 Å². The van der Waals surface area contributed by atoms with Gasteiger partial charge in [-0.05, 0) is 43.3 Å². The molecule has 2 aromatic rings. The lowest BCUT2D eigenvalue weighted by molar-refractivity contribution is -0.274. The molecule has 0 atom stereocenters. The molecule has 0 unspecified atom stereocenters. The summed E-state index contributed by atoms with van der Waals surface area (Å²) in [7, 11) is 0. The molecule has 7 heteroatoms. The van der Waals surface area contributed by atoms with Crippen LogP contribution in [-0.2, 0) is 4.79 Å². The third kappa shape index (κ3) is 5.90. The highest BCUT2D eigenvalue weighted by Crippen LogP contribution is 2.23. The largest absolute Gasteiger partial charge is 0.573 e. The summed E-state index contributed by atoms with van der Waals surface area (Å²) in [5, 5.41) is 5.52. The molecule has 1 amide bonds. The Morgan fingerprint density at radius 3 is 2.13 bits per heavy atom. The SMILES string of the molecule is Cc1ccc(NCC(=O)Nc2ccc(OC(F)(F)F)cc2)cc1. The molecule has 0 saturated carbocycles. The van der Waals surface area contributed by atoms with Crippen molar-refractivity contribution >= 4 is 17.3 Å². The zero-order valence-corrected chi connectivity index (χ0v) is 12.3. The number of ether oxygens (including phenoxy) is 1. The molecule has 122 valence electrons. The Bertz CT molecular complexity index is 653. The summed E-state index contributed by atoms with van der Waals surface area (Å²) in [6, 6.07) is 12.5. The Balaban J connectivity index is 1.84. The third-order valence-corrected chi connectivity index (χ3v) is 2.88. The first-order chi connectivity index (χ1) is 10.8. The molecule has 0 aliphatic carbocycles. The van der Waals surface area contributed by atoms with Gasteiger partial charge in [-0.25, -0.2) is 0 Å². The van der Waals surface area contributed by atoms with E-state index in [1.165, 1.54) is 12.1 Å². The Labute approximate surface area is 131 Å². The highest BCUT2D eigenvalue weighted by molar-refractivity contribution is 5.93. The summed E-state index contributed by atoms with van der Waals surface area (Å²) >= 11 is 0. The van der Waals surface area contributed by atoms with Crippen LogP contribution < -0.4 is 15.4 Å². The molecule has 0 radical (unpaired) electrons. The Morgan fingerprint density at radius 2 is 1.57 bits per heavy atom. The lowest BCUT2D eigenvalue weighted by atomic mass is 10.2. The standard InChI is InChI=1S/C16H15F3N2O2/c1-11-2-4-12(5-3-11)20-10-15(22)21-13-6-8-14(9-7-13)23-16(17,18)19/h2-9,20H,10H2,1H3,(H,21,22). The number of nitrogens with one attached hydrogen (secondary N) is 2. The van der Waals surface area contributed by atoms with Gasteiger partial charge >= 0.3 is 6.36 Å². The second kappa shape index (κ2) is 7.04. The van der Waals surface area contributed by atoms with E-state index in [1.54, 1.807) is 0 Å². The highest BCUT2D eigenvalue weighted by atomic mass is 19.4. The van der Waals surface area contributed by atoms with Crippen LogP contribution in [-0.4, -0.2) is 18.8 Å². The van der Waals surface area contributed by atoms with Crippen molar-refractivity contribution in [3.8, 4) is 5.75 Å². The molecule has 0 heterocycles. The molecule has 4 nitrogen and oxygen atoms in total. The maximum absolute atomic E-state index is 12.0. The maximum Gasteiger partial charge on any atom is 0.573 e. The molecule has 23 heavy (non-hydrogen) atoms. The van der Waals surface area contributed by atoms with Gasteiger partial charge in [0.15, 0.2) is 0 Å². The summed E-state index contributed by atoms with van der Waals surface area (Å²) < 4.78 is 39.9. The van der Waals surface area contributed by atoms with Gasteiger partial charge in [0.2, 0.25) is 5.91 Å². The minimum Gasteiger partial charge on any atom is -0.406 e. The number of benzene rings is 2. The van der Waals surface area contributed by atoms with Crippen molar-refractivity contribution in [1.82, 2.24) is 0 Å². The first kappa shape index (κ1) is 16.7. The number of amides is 1. The van der Waals surface area contributed by atoms with Crippen molar-refractivity contribution in [2.45, 2.75) is 13.3 Å². The van der Waals surface area contributed by atoms with E-state index >= 15 is 0 Å². The topological polar surface area (TPSA) is 50.4 Å². The Kier molecular flexibility index (Phi) is 5.10. The maximum atomic E-state index is 12.0. The van der Waals surface area contributed by atoms with E-state index in [0.717, 1.165) is 23.4 Å². The highest BCUT2D eigenvalue weighted by Gasteiger charge is 2.30. The first-order valence-electron chi connectivity index (χ1n) is 6.78. The summed E-state index contributed by atoms with van der Waals surface area (Å²) in [6.07, 6.45) is -4.73. The van der Waals surface area contributed by atoms with Crippen LogP contribution >= 0.6 is 0 Å². The van der Waals surface area contributed by atoms with Crippen LogP contribution in [0.1, 0.15) is 5.56 Å².